The molecule has 0 bridgehead atoms. The molecule has 0 saturated heterocycles. The van der Waals surface area contributed by atoms with Crippen LogP contribution >= 0.6 is 11.8 Å². The Morgan fingerprint density at radius 3 is 3.18 bits per heavy atom. The molecule has 1 fully saturated rings. The Morgan fingerprint density at radius 1 is 1.76 bits per heavy atom. The summed E-state index contributed by atoms with van der Waals surface area (Å²) in [5.74, 6) is 0.206. The van der Waals surface area contributed by atoms with Gasteiger partial charge in [0, 0.05) is 12.1 Å². The first-order valence-electron chi connectivity index (χ1n) is 5.63. The molecule has 0 spiro atoms. The van der Waals surface area contributed by atoms with Gasteiger partial charge in [-0.1, -0.05) is 11.8 Å². The van der Waals surface area contributed by atoms with Gasteiger partial charge in [0.05, 0.1) is 12.4 Å². The van der Waals surface area contributed by atoms with Crippen molar-refractivity contribution in [1.82, 2.24) is 20.1 Å². The highest BCUT2D eigenvalue weighted by Crippen LogP contribution is 2.37. The zero-order valence-electron chi connectivity index (χ0n) is 9.67. The van der Waals surface area contributed by atoms with Crippen molar-refractivity contribution in [2.75, 3.05) is 12.4 Å². The number of nitrogens with zero attached hydrogens (tertiary/aromatic N) is 3. The normalized spacial score (nSPS) is 16.8. The molecule has 1 atom stereocenters. The largest absolute Gasteiger partial charge is 0.394 e. The van der Waals surface area contributed by atoms with Gasteiger partial charge in [-0.3, -0.25) is 4.79 Å². The van der Waals surface area contributed by atoms with Gasteiger partial charge in [-0.2, -0.15) is 0 Å². The summed E-state index contributed by atoms with van der Waals surface area (Å²) in [6.45, 7) is 1.71. The second-order valence-corrected chi connectivity index (χ2v) is 5.13. The lowest BCUT2D eigenvalue weighted by Crippen LogP contribution is -2.36. The SMILES string of the molecule is C[C@H](CO)NC(=O)CSc1nncn1C1CC1. The van der Waals surface area contributed by atoms with Gasteiger partial charge in [0.25, 0.3) is 0 Å². The number of thioether (sulfide) groups is 1. The Balaban J connectivity index is 1.80. The zero-order valence-corrected chi connectivity index (χ0v) is 10.5. The highest BCUT2D eigenvalue weighted by molar-refractivity contribution is 7.99. The van der Waals surface area contributed by atoms with E-state index in [-0.39, 0.29) is 18.6 Å². The number of hydrogen-bond donors (Lipinski definition) is 2. The second-order valence-electron chi connectivity index (χ2n) is 4.19. The van der Waals surface area contributed by atoms with E-state index in [1.807, 2.05) is 4.57 Å². The minimum absolute atomic E-state index is 0.0470. The molecular formula is C10H16N4O2S. The van der Waals surface area contributed by atoms with Gasteiger partial charge < -0.3 is 15.0 Å². The molecule has 2 N–H and O–H groups in total. The van der Waals surface area contributed by atoms with Crippen LogP contribution in [0.15, 0.2) is 11.5 Å². The van der Waals surface area contributed by atoms with E-state index in [1.165, 1.54) is 24.6 Å². The number of aromatic nitrogens is 3. The first-order chi connectivity index (χ1) is 8.20. The molecule has 1 aromatic rings. The van der Waals surface area contributed by atoms with Crippen molar-refractivity contribution in [2.24, 2.45) is 0 Å². The molecule has 6 nitrogen and oxygen atoms in total. The molecule has 1 heterocycles. The smallest absolute Gasteiger partial charge is 0.230 e. The first-order valence-corrected chi connectivity index (χ1v) is 6.61. The minimum atomic E-state index is -0.204. The molecular weight excluding hydrogens is 240 g/mol. The molecule has 1 aromatic heterocycles. The molecule has 0 aliphatic heterocycles. The van der Waals surface area contributed by atoms with Gasteiger partial charge in [-0.05, 0) is 19.8 Å². The fourth-order valence-corrected chi connectivity index (χ4v) is 2.22. The van der Waals surface area contributed by atoms with Crippen LogP contribution in [0.5, 0.6) is 0 Å². The van der Waals surface area contributed by atoms with Gasteiger partial charge >= 0.3 is 0 Å². The molecule has 7 heteroatoms. The Hall–Kier alpha value is -1.08. The van der Waals surface area contributed by atoms with Crippen LogP contribution in [0.2, 0.25) is 0 Å². The van der Waals surface area contributed by atoms with E-state index in [0.29, 0.717) is 11.8 Å². The van der Waals surface area contributed by atoms with Gasteiger partial charge in [-0.15, -0.1) is 10.2 Å². The summed E-state index contributed by atoms with van der Waals surface area (Å²) in [4.78, 5) is 11.5. The van der Waals surface area contributed by atoms with Gasteiger partial charge in [0.15, 0.2) is 5.16 Å². The number of aliphatic hydroxyl groups excluding tert-OH is 1. The number of nitrogens with one attached hydrogen (secondary N) is 1. The third kappa shape index (κ3) is 3.44. The maximum atomic E-state index is 11.5. The summed E-state index contributed by atoms with van der Waals surface area (Å²) in [7, 11) is 0. The van der Waals surface area contributed by atoms with Crippen molar-refractivity contribution in [3.63, 3.8) is 0 Å². The predicted molar refractivity (Wildman–Crippen MR) is 63.7 cm³/mol. The number of amides is 1. The van der Waals surface area contributed by atoms with Crippen LogP contribution in [-0.4, -0.2) is 44.2 Å². The fourth-order valence-electron chi connectivity index (χ4n) is 1.43. The van der Waals surface area contributed by atoms with E-state index in [2.05, 4.69) is 15.5 Å². The van der Waals surface area contributed by atoms with Crippen LogP contribution in [0.25, 0.3) is 0 Å². The number of hydrogen-bond acceptors (Lipinski definition) is 5. The molecule has 17 heavy (non-hydrogen) atoms. The standard InChI is InChI=1S/C10H16N4O2S/c1-7(4-15)12-9(16)5-17-10-13-11-6-14(10)8-2-3-8/h6-8,15H,2-5H2,1H3,(H,12,16)/t7-/m1/s1. The lowest BCUT2D eigenvalue weighted by atomic mass is 10.4. The quantitative estimate of drug-likeness (QED) is 0.711. The molecule has 0 radical (unpaired) electrons. The van der Waals surface area contributed by atoms with Crippen molar-refractivity contribution in [3.8, 4) is 0 Å². The van der Waals surface area contributed by atoms with E-state index in [0.717, 1.165) is 5.16 Å². The average molecular weight is 256 g/mol. The molecule has 94 valence electrons. The van der Waals surface area contributed by atoms with Crippen LogP contribution in [-0.2, 0) is 4.79 Å². The van der Waals surface area contributed by atoms with E-state index in [9.17, 15) is 4.79 Å². The zero-order chi connectivity index (χ0) is 12.3. The summed E-state index contributed by atoms with van der Waals surface area (Å²) < 4.78 is 2.02. The minimum Gasteiger partial charge on any atom is -0.394 e. The summed E-state index contributed by atoms with van der Waals surface area (Å²) in [5, 5.41) is 20.1. The summed E-state index contributed by atoms with van der Waals surface area (Å²) in [5.41, 5.74) is 0. The van der Waals surface area contributed by atoms with Crippen LogP contribution in [0.1, 0.15) is 25.8 Å². The number of carbonyl (C=O) groups is 1. The third-order valence-corrected chi connectivity index (χ3v) is 3.45. The lowest BCUT2D eigenvalue weighted by Gasteiger charge is -2.10. The predicted octanol–water partition coefficient (Wildman–Crippen LogP) is 0.202. The van der Waals surface area contributed by atoms with Crippen molar-refractivity contribution in [2.45, 2.75) is 37.0 Å². The summed E-state index contributed by atoms with van der Waals surface area (Å²) >= 11 is 1.38. The summed E-state index contributed by atoms with van der Waals surface area (Å²) in [6, 6.07) is 0.316. The second kappa shape index (κ2) is 5.50. The monoisotopic (exact) mass is 256 g/mol. The lowest BCUT2D eigenvalue weighted by molar-refractivity contribution is -0.119. The average Bonchev–Trinajstić information content (AvgIpc) is 3.05. The van der Waals surface area contributed by atoms with E-state index >= 15 is 0 Å². The molecule has 1 aliphatic rings. The van der Waals surface area contributed by atoms with Gasteiger partial charge in [0.1, 0.15) is 6.33 Å². The van der Waals surface area contributed by atoms with Crippen molar-refractivity contribution >= 4 is 17.7 Å². The topological polar surface area (TPSA) is 80.0 Å². The number of rotatable bonds is 6. The van der Waals surface area contributed by atoms with Crippen LogP contribution in [0.3, 0.4) is 0 Å². The number of aliphatic hydroxyl groups is 1. The maximum Gasteiger partial charge on any atom is 0.230 e. The molecule has 1 aliphatic carbocycles. The van der Waals surface area contributed by atoms with Crippen molar-refractivity contribution in [3.05, 3.63) is 6.33 Å². The fraction of sp³-hybridized carbons (Fsp3) is 0.700. The Bertz CT molecular complexity index is 391. The molecule has 1 saturated carbocycles. The highest BCUT2D eigenvalue weighted by atomic mass is 32.2. The third-order valence-electron chi connectivity index (χ3n) is 2.49. The molecule has 1 amide bonds. The Morgan fingerprint density at radius 2 is 2.53 bits per heavy atom. The van der Waals surface area contributed by atoms with E-state index in [4.69, 9.17) is 5.11 Å². The highest BCUT2D eigenvalue weighted by Gasteiger charge is 2.26. The van der Waals surface area contributed by atoms with Crippen LogP contribution in [0, 0.1) is 0 Å². The van der Waals surface area contributed by atoms with Crippen molar-refractivity contribution < 1.29 is 9.90 Å². The Labute approximate surface area is 104 Å². The van der Waals surface area contributed by atoms with Crippen LogP contribution in [0.4, 0.5) is 0 Å². The Kier molecular flexibility index (Phi) is 4.01. The first kappa shape index (κ1) is 12.4. The maximum absolute atomic E-state index is 11.5. The summed E-state index contributed by atoms with van der Waals surface area (Å²) in [6.07, 6.45) is 4.05. The van der Waals surface area contributed by atoms with Gasteiger partial charge in [-0.25, -0.2) is 0 Å². The molecule has 2 rings (SSSR count). The van der Waals surface area contributed by atoms with Crippen LogP contribution < -0.4 is 5.32 Å². The molecule has 0 unspecified atom stereocenters. The van der Waals surface area contributed by atoms with Gasteiger partial charge in [0.2, 0.25) is 5.91 Å². The van der Waals surface area contributed by atoms with E-state index < -0.39 is 0 Å². The van der Waals surface area contributed by atoms with Crippen molar-refractivity contribution in [1.29, 1.82) is 0 Å². The number of carbonyl (C=O) groups excluding carboxylic acids is 1. The van der Waals surface area contributed by atoms with E-state index in [1.54, 1.807) is 13.3 Å². The molecule has 0 aromatic carbocycles.